The van der Waals surface area contributed by atoms with Crippen LogP contribution in [0.4, 0.5) is 0 Å². The number of phenols is 2. The Kier molecular flexibility index (Phi) is 5.49. The number of benzene rings is 2. The number of likely N-dealkylation sites (N-methyl/N-ethyl adjacent to an activating group) is 1. The largest absolute Gasteiger partial charge is 0.508 e. The first-order valence-electron chi connectivity index (χ1n) is 9.61. The molecule has 10 heteroatoms. The van der Waals surface area contributed by atoms with E-state index in [2.05, 4.69) is 0 Å². The molecular formula is C22H23ClN2O7. The van der Waals surface area contributed by atoms with E-state index in [1.54, 1.807) is 33.2 Å². The van der Waals surface area contributed by atoms with Crippen molar-refractivity contribution in [1.29, 1.82) is 0 Å². The van der Waals surface area contributed by atoms with E-state index in [1.807, 2.05) is 0 Å². The molecule has 2 aromatic rings. The molecule has 9 nitrogen and oxygen atoms in total. The molecule has 2 aliphatic carbocycles. The molecule has 0 fully saturated rings. The number of nitrogens with two attached hydrogens (primary N) is 1. The van der Waals surface area contributed by atoms with Crippen molar-refractivity contribution < 1.29 is 34.8 Å². The Balaban J connectivity index is 0.00000289. The Hall–Kier alpha value is -3.14. The number of aliphatic hydroxyl groups is 2. The first-order chi connectivity index (χ1) is 14.4. The van der Waals surface area contributed by atoms with Gasteiger partial charge in [-0.3, -0.25) is 19.3 Å². The molecule has 0 spiro atoms. The van der Waals surface area contributed by atoms with Crippen LogP contribution in [0.25, 0.3) is 10.8 Å². The van der Waals surface area contributed by atoms with Crippen LogP contribution in [0.3, 0.4) is 0 Å². The number of amides is 1. The summed E-state index contributed by atoms with van der Waals surface area (Å²) in [5.74, 6) is -6.18. The molecule has 1 amide bonds. The number of ketones is 2. The fourth-order valence-corrected chi connectivity index (χ4v) is 5.04. The number of nitrogens with zero attached hydrogens (tertiary/aromatic N) is 1. The molecule has 0 bridgehead atoms. The van der Waals surface area contributed by atoms with Crippen LogP contribution in [0.5, 0.6) is 11.5 Å². The van der Waals surface area contributed by atoms with E-state index in [1.165, 1.54) is 11.0 Å². The van der Waals surface area contributed by atoms with Gasteiger partial charge in [-0.2, -0.15) is 0 Å². The maximum Gasteiger partial charge on any atom is 0.255 e. The predicted molar refractivity (Wildman–Crippen MR) is 117 cm³/mol. The van der Waals surface area contributed by atoms with Gasteiger partial charge in [-0.25, -0.2) is 0 Å². The topological polar surface area (TPSA) is 161 Å². The number of aromatic hydroxyl groups is 2. The SMILES string of the molecule is Cc1c2c(c(O)c3c(O)cccc13)C(=O)[C@@]1(O)C(O)=C(C(N)=O)C(=O)[C@@H](N(C)C)[C@H]1C2.Cl. The minimum Gasteiger partial charge on any atom is -0.508 e. The second kappa shape index (κ2) is 7.47. The molecule has 6 N–H and O–H groups in total. The van der Waals surface area contributed by atoms with Crippen LogP contribution in [-0.4, -0.2) is 68.5 Å². The molecule has 0 radical (unpaired) electrons. The average Bonchev–Trinajstić information content (AvgIpc) is 2.68. The number of halogens is 1. The van der Waals surface area contributed by atoms with Gasteiger partial charge in [-0.15, -0.1) is 12.4 Å². The third-order valence-electron chi connectivity index (χ3n) is 6.51. The second-order valence-electron chi connectivity index (χ2n) is 8.29. The van der Waals surface area contributed by atoms with Crippen molar-refractivity contribution in [2.75, 3.05) is 14.1 Å². The molecule has 0 saturated carbocycles. The first-order valence-corrected chi connectivity index (χ1v) is 9.61. The van der Waals surface area contributed by atoms with E-state index < -0.39 is 52.1 Å². The number of fused-ring (bicyclic) bond motifs is 3. The predicted octanol–water partition coefficient (Wildman–Crippen LogP) is 0.878. The number of aliphatic hydroxyl groups excluding tert-OH is 1. The summed E-state index contributed by atoms with van der Waals surface area (Å²) in [4.78, 5) is 39.9. The van der Waals surface area contributed by atoms with Crippen molar-refractivity contribution in [3.05, 3.63) is 46.2 Å². The zero-order valence-corrected chi connectivity index (χ0v) is 18.4. The summed E-state index contributed by atoms with van der Waals surface area (Å²) >= 11 is 0. The highest BCUT2D eigenvalue weighted by atomic mass is 35.5. The lowest BCUT2D eigenvalue weighted by atomic mass is 9.61. The maximum atomic E-state index is 13.6. The van der Waals surface area contributed by atoms with Gasteiger partial charge in [-0.1, -0.05) is 12.1 Å². The fourth-order valence-electron chi connectivity index (χ4n) is 5.04. The average molecular weight is 463 g/mol. The molecule has 0 unspecified atom stereocenters. The Morgan fingerprint density at radius 2 is 1.81 bits per heavy atom. The van der Waals surface area contributed by atoms with Crippen LogP contribution in [0, 0.1) is 12.8 Å². The zero-order valence-electron chi connectivity index (χ0n) is 17.5. The molecule has 0 aromatic heterocycles. The Morgan fingerprint density at radius 3 is 2.38 bits per heavy atom. The standard InChI is InChI=1S/C22H22N2O7.ClH/c1-8-9-5-4-6-12(25)13(9)17(26)14-10(8)7-11-16(24(2)3)18(27)15(21(23)30)20(29)22(11,31)19(14)28;/h4-6,11,16,25-26,29,31H,7H2,1-3H3,(H2,23,30);1H/t11-,16+,22-;/m1./s1. The number of Topliss-reactive ketones (excluding diaryl/α,β-unsaturated/α-hetero) is 2. The Morgan fingerprint density at radius 1 is 1.19 bits per heavy atom. The van der Waals surface area contributed by atoms with Gasteiger partial charge >= 0.3 is 0 Å². The quantitative estimate of drug-likeness (QED) is 0.411. The molecule has 4 rings (SSSR count). The van der Waals surface area contributed by atoms with Gasteiger partial charge < -0.3 is 26.2 Å². The van der Waals surface area contributed by atoms with Crippen molar-refractivity contribution in [1.82, 2.24) is 4.90 Å². The summed E-state index contributed by atoms with van der Waals surface area (Å²) in [7, 11) is 3.10. The lowest BCUT2D eigenvalue weighted by Crippen LogP contribution is -2.64. The van der Waals surface area contributed by atoms with Crippen LogP contribution in [0.15, 0.2) is 29.5 Å². The third-order valence-corrected chi connectivity index (χ3v) is 6.51. The third kappa shape index (κ3) is 2.75. The number of carbonyl (C=O) groups is 3. The normalized spacial score (nSPS) is 24.9. The summed E-state index contributed by atoms with van der Waals surface area (Å²) in [6, 6.07) is 3.50. The molecule has 2 aromatic carbocycles. The van der Waals surface area contributed by atoms with Crippen molar-refractivity contribution >= 4 is 40.7 Å². The molecule has 0 aliphatic heterocycles. The van der Waals surface area contributed by atoms with Crippen LogP contribution in [0.1, 0.15) is 21.5 Å². The smallest absolute Gasteiger partial charge is 0.255 e. The van der Waals surface area contributed by atoms with Crippen molar-refractivity contribution in [3.63, 3.8) is 0 Å². The van der Waals surface area contributed by atoms with Gasteiger partial charge in [0.25, 0.3) is 5.91 Å². The molecule has 3 atom stereocenters. The van der Waals surface area contributed by atoms with E-state index in [4.69, 9.17) is 5.73 Å². The minimum absolute atomic E-state index is 0. The van der Waals surface area contributed by atoms with Gasteiger partial charge in [0, 0.05) is 5.92 Å². The van der Waals surface area contributed by atoms with Crippen molar-refractivity contribution in [2.24, 2.45) is 11.7 Å². The van der Waals surface area contributed by atoms with Crippen LogP contribution in [-0.2, 0) is 16.0 Å². The fraction of sp³-hybridized carbons (Fsp3) is 0.318. The highest BCUT2D eigenvalue weighted by molar-refractivity contribution is 6.25. The molecule has 2 aliphatic rings. The monoisotopic (exact) mass is 462 g/mol. The van der Waals surface area contributed by atoms with Crippen LogP contribution >= 0.6 is 12.4 Å². The van der Waals surface area contributed by atoms with E-state index in [0.717, 1.165) is 0 Å². The molecule has 0 heterocycles. The number of hydrogen-bond donors (Lipinski definition) is 5. The number of phenolic OH excluding ortho intramolecular Hbond substituents is 2. The van der Waals surface area contributed by atoms with Crippen LogP contribution < -0.4 is 5.73 Å². The van der Waals surface area contributed by atoms with Gasteiger partial charge in [0.2, 0.25) is 5.78 Å². The molecule has 170 valence electrons. The molecule has 0 saturated heterocycles. The number of carbonyl (C=O) groups excluding carboxylic acids is 3. The van der Waals surface area contributed by atoms with E-state index in [-0.39, 0.29) is 35.5 Å². The zero-order chi connectivity index (χ0) is 23.0. The van der Waals surface area contributed by atoms with Gasteiger partial charge in [-0.05, 0) is 50.0 Å². The number of primary amides is 1. The van der Waals surface area contributed by atoms with Gasteiger partial charge in [0.1, 0.15) is 22.8 Å². The first kappa shape index (κ1) is 23.5. The summed E-state index contributed by atoms with van der Waals surface area (Å²) in [5, 5.41) is 43.9. The van der Waals surface area contributed by atoms with Crippen molar-refractivity contribution in [2.45, 2.75) is 25.0 Å². The number of aryl methyl sites for hydroxylation is 1. The Bertz CT molecular complexity index is 1240. The summed E-state index contributed by atoms with van der Waals surface area (Å²) in [6.07, 6.45) is -0.0484. The van der Waals surface area contributed by atoms with E-state index in [9.17, 15) is 34.8 Å². The number of hydrogen-bond acceptors (Lipinski definition) is 8. The highest BCUT2D eigenvalue weighted by Crippen LogP contribution is 2.50. The minimum atomic E-state index is -2.65. The Labute approximate surface area is 189 Å². The second-order valence-corrected chi connectivity index (χ2v) is 8.29. The van der Waals surface area contributed by atoms with Gasteiger partial charge in [0.15, 0.2) is 11.4 Å². The van der Waals surface area contributed by atoms with Crippen LogP contribution in [0.2, 0.25) is 0 Å². The van der Waals surface area contributed by atoms with E-state index >= 15 is 0 Å². The number of rotatable bonds is 2. The summed E-state index contributed by atoms with van der Waals surface area (Å²) < 4.78 is 0. The highest BCUT2D eigenvalue weighted by Gasteiger charge is 2.62. The van der Waals surface area contributed by atoms with Gasteiger partial charge in [0.05, 0.1) is 17.0 Å². The lowest BCUT2D eigenvalue weighted by Gasteiger charge is -2.47. The maximum absolute atomic E-state index is 13.6. The van der Waals surface area contributed by atoms with Crippen molar-refractivity contribution in [3.8, 4) is 11.5 Å². The molecular weight excluding hydrogens is 440 g/mol. The summed E-state index contributed by atoms with van der Waals surface area (Å²) in [6.45, 7) is 1.71. The van der Waals surface area contributed by atoms with E-state index in [0.29, 0.717) is 16.5 Å². The summed E-state index contributed by atoms with van der Waals surface area (Å²) in [5.41, 5.74) is 2.50. The lowest BCUT2D eigenvalue weighted by molar-refractivity contribution is -0.132. The molecule has 32 heavy (non-hydrogen) atoms.